The number of ketones is 1. The van der Waals surface area contributed by atoms with Gasteiger partial charge in [-0.25, -0.2) is 12.7 Å². The molecule has 33 heavy (non-hydrogen) atoms. The van der Waals surface area contributed by atoms with Crippen LogP contribution in [0.3, 0.4) is 0 Å². The van der Waals surface area contributed by atoms with Gasteiger partial charge in [0.1, 0.15) is 17.3 Å². The third kappa shape index (κ3) is 5.05. The second-order valence-electron chi connectivity index (χ2n) is 7.37. The lowest BCUT2D eigenvalue weighted by atomic mass is 10.2. The highest BCUT2D eigenvalue weighted by Gasteiger charge is 2.24. The molecule has 1 atom stereocenters. The maximum Gasteiger partial charge on any atom is 0.242 e. The number of thioether (sulfide) groups is 1. The number of carbonyl (C=O) groups is 1. The van der Waals surface area contributed by atoms with Gasteiger partial charge in [-0.2, -0.15) is 0 Å². The number of carbonyl (C=O) groups excluding carboxylic acids is 1. The number of rotatable bonds is 9. The Balaban J connectivity index is 2.27. The number of aromatic nitrogens is 3. The van der Waals surface area contributed by atoms with Gasteiger partial charge in [0.15, 0.2) is 11.0 Å². The molecule has 0 aliphatic carbocycles. The first-order valence-corrected chi connectivity index (χ1v) is 12.3. The zero-order valence-corrected chi connectivity index (χ0v) is 20.9. The fourth-order valence-corrected chi connectivity index (χ4v) is 4.78. The molecule has 2 aromatic carbocycles. The molecule has 0 spiro atoms. The maximum atomic E-state index is 12.7. The van der Waals surface area contributed by atoms with E-state index in [0.717, 1.165) is 4.31 Å². The van der Waals surface area contributed by atoms with Crippen molar-refractivity contribution in [3.8, 4) is 28.6 Å². The molecule has 11 heteroatoms. The Hall–Kier alpha value is -2.89. The van der Waals surface area contributed by atoms with E-state index in [9.17, 15) is 13.2 Å². The summed E-state index contributed by atoms with van der Waals surface area (Å²) in [7, 11) is 2.40. The fourth-order valence-electron chi connectivity index (χ4n) is 2.97. The smallest absolute Gasteiger partial charge is 0.242 e. The second-order valence-corrected chi connectivity index (χ2v) is 10.8. The van der Waals surface area contributed by atoms with Crippen LogP contribution in [0.4, 0.5) is 0 Å². The molecule has 0 bridgehead atoms. The lowest BCUT2D eigenvalue weighted by Crippen LogP contribution is -2.22. The molecular formula is C22H26N4O5S2. The van der Waals surface area contributed by atoms with Crippen molar-refractivity contribution in [1.29, 1.82) is 0 Å². The first-order chi connectivity index (χ1) is 15.6. The monoisotopic (exact) mass is 490 g/mol. The zero-order chi connectivity index (χ0) is 24.3. The van der Waals surface area contributed by atoms with Crippen molar-refractivity contribution >= 4 is 27.6 Å². The van der Waals surface area contributed by atoms with Crippen LogP contribution >= 0.6 is 11.8 Å². The van der Waals surface area contributed by atoms with E-state index < -0.39 is 10.0 Å². The van der Waals surface area contributed by atoms with Crippen LogP contribution < -0.4 is 9.47 Å². The first kappa shape index (κ1) is 24.7. The Morgan fingerprint density at radius 3 is 2.42 bits per heavy atom. The predicted molar refractivity (Wildman–Crippen MR) is 127 cm³/mol. The van der Waals surface area contributed by atoms with Gasteiger partial charge >= 0.3 is 0 Å². The van der Waals surface area contributed by atoms with Crippen LogP contribution in [0.25, 0.3) is 17.1 Å². The minimum atomic E-state index is -3.65. The molecule has 3 rings (SSSR count). The number of hydrogen-bond donors (Lipinski definition) is 0. The highest BCUT2D eigenvalue weighted by atomic mass is 32.2. The van der Waals surface area contributed by atoms with Gasteiger partial charge in [0.2, 0.25) is 10.0 Å². The van der Waals surface area contributed by atoms with Crippen LogP contribution in [0.5, 0.6) is 11.5 Å². The van der Waals surface area contributed by atoms with Crippen molar-refractivity contribution in [1.82, 2.24) is 19.1 Å². The summed E-state index contributed by atoms with van der Waals surface area (Å²) < 4.78 is 39.2. The molecule has 1 unspecified atom stereocenters. The van der Waals surface area contributed by atoms with Crippen molar-refractivity contribution < 1.29 is 22.7 Å². The van der Waals surface area contributed by atoms with Gasteiger partial charge in [0, 0.05) is 25.7 Å². The number of methoxy groups -OCH3 is 2. The van der Waals surface area contributed by atoms with Crippen LogP contribution in [-0.2, 0) is 14.8 Å². The van der Waals surface area contributed by atoms with Crippen LogP contribution in [0.2, 0.25) is 0 Å². The van der Waals surface area contributed by atoms with E-state index in [1.165, 1.54) is 38.8 Å². The minimum absolute atomic E-state index is 0.00668. The molecule has 0 aliphatic rings. The average Bonchev–Trinajstić information content (AvgIpc) is 3.21. The van der Waals surface area contributed by atoms with Gasteiger partial charge in [-0.1, -0.05) is 23.9 Å². The summed E-state index contributed by atoms with van der Waals surface area (Å²) in [6.45, 7) is 3.31. The summed E-state index contributed by atoms with van der Waals surface area (Å²) in [6, 6.07) is 11.8. The summed E-state index contributed by atoms with van der Waals surface area (Å²) in [5.41, 5.74) is 1.13. The van der Waals surface area contributed by atoms with Crippen molar-refractivity contribution in [2.75, 3.05) is 28.3 Å². The van der Waals surface area contributed by atoms with Crippen LogP contribution in [0, 0.1) is 0 Å². The highest BCUT2D eigenvalue weighted by molar-refractivity contribution is 8.00. The average molecular weight is 491 g/mol. The summed E-state index contributed by atoms with van der Waals surface area (Å²) in [4.78, 5) is 12.0. The molecule has 3 aromatic rings. The summed E-state index contributed by atoms with van der Waals surface area (Å²) in [6.07, 6.45) is 0. The highest BCUT2D eigenvalue weighted by Crippen LogP contribution is 2.36. The minimum Gasteiger partial charge on any atom is -0.497 e. The van der Waals surface area contributed by atoms with E-state index in [1.807, 2.05) is 0 Å². The van der Waals surface area contributed by atoms with E-state index in [0.29, 0.717) is 33.7 Å². The van der Waals surface area contributed by atoms with Crippen molar-refractivity contribution in [2.45, 2.75) is 29.1 Å². The number of ether oxygens (including phenoxy) is 2. The van der Waals surface area contributed by atoms with Crippen molar-refractivity contribution in [2.24, 2.45) is 0 Å². The lowest BCUT2D eigenvalue weighted by molar-refractivity contribution is -0.116. The zero-order valence-electron chi connectivity index (χ0n) is 19.3. The summed E-state index contributed by atoms with van der Waals surface area (Å²) in [5.74, 6) is 1.51. The van der Waals surface area contributed by atoms with Crippen LogP contribution in [0.15, 0.2) is 52.5 Å². The molecule has 0 saturated carbocycles. The van der Waals surface area contributed by atoms with Gasteiger partial charge in [-0.15, -0.1) is 10.2 Å². The topological polar surface area (TPSA) is 104 Å². The molecule has 9 nitrogen and oxygen atoms in total. The number of nitrogens with zero attached hydrogens (tertiary/aromatic N) is 4. The summed E-state index contributed by atoms with van der Waals surface area (Å²) >= 11 is 1.25. The number of sulfonamides is 1. The molecule has 1 aromatic heterocycles. The normalized spacial score (nSPS) is 12.6. The predicted octanol–water partition coefficient (Wildman–Crippen LogP) is 3.27. The van der Waals surface area contributed by atoms with Gasteiger partial charge in [-0.3, -0.25) is 9.36 Å². The van der Waals surface area contributed by atoms with E-state index in [1.54, 1.807) is 62.1 Å². The Bertz CT molecular complexity index is 1270. The third-order valence-corrected chi connectivity index (χ3v) is 7.96. The van der Waals surface area contributed by atoms with Gasteiger partial charge in [0.05, 0.1) is 30.1 Å². The Morgan fingerprint density at radius 1 is 1.09 bits per heavy atom. The SMILES string of the molecule is COc1ccc(OC)c(-n2c(SC(C)C(C)=O)nnc2-c2cccc(S(=O)(=O)N(C)C)c2)c1. The quantitative estimate of drug-likeness (QED) is 0.421. The van der Waals surface area contributed by atoms with Gasteiger partial charge < -0.3 is 9.47 Å². The Morgan fingerprint density at radius 2 is 1.82 bits per heavy atom. The maximum absolute atomic E-state index is 12.7. The van der Waals surface area contributed by atoms with Gasteiger partial charge in [-0.05, 0) is 38.1 Å². The van der Waals surface area contributed by atoms with Gasteiger partial charge in [0.25, 0.3) is 0 Å². The van der Waals surface area contributed by atoms with E-state index in [2.05, 4.69) is 10.2 Å². The molecule has 0 radical (unpaired) electrons. The Labute approximate surface area is 197 Å². The molecule has 176 valence electrons. The second kappa shape index (κ2) is 9.94. The van der Waals surface area contributed by atoms with E-state index in [4.69, 9.17) is 9.47 Å². The molecule has 0 saturated heterocycles. The van der Waals surface area contributed by atoms with Crippen LogP contribution in [-0.4, -0.2) is 66.8 Å². The number of benzene rings is 2. The van der Waals surface area contributed by atoms with Crippen LogP contribution in [0.1, 0.15) is 13.8 Å². The summed E-state index contributed by atoms with van der Waals surface area (Å²) in [5, 5.41) is 8.76. The van der Waals surface area contributed by atoms with E-state index >= 15 is 0 Å². The standard InChI is InChI=1S/C22H26N4O5S2/c1-14(27)15(2)32-22-24-23-21(16-8-7-9-18(12-16)33(28,29)25(3)4)26(22)19-13-17(30-5)10-11-20(19)31-6/h7-13,15H,1-6H3. The molecule has 0 fully saturated rings. The number of hydrogen-bond acceptors (Lipinski definition) is 8. The molecule has 0 amide bonds. The largest absolute Gasteiger partial charge is 0.497 e. The molecule has 0 aliphatic heterocycles. The van der Waals surface area contributed by atoms with Crippen molar-refractivity contribution in [3.05, 3.63) is 42.5 Å². The molecule has 0 N–H and O–H groups in total. The van der Waals surface area contributed by atoms with Crippen molar-refractivity contribution in [3.63, 3.8) is 0 Å². The van der Waals surface area contributed by atoms with E-state index in [-0.39, 0.29) is 15.9 Å². The first-order valence-electron chi connectivity index (χ1n) is 9.98. The lowest BCUT2D eigenvalue weighted by Gasteiger charge is -2.17. The third-order valence-electron chi connectivity index (χ3n) is 4.99. The Kier molecular flexibility index (Phi) is 7.45. The number of Topliss-reactive ketones (excluding diaryl/α,β-unsaturated/α-hetero) is 1. The molecule has 1 heterocycles. The fraction of sp³-hybridized carbons (Fsp3) is 0.318. The molecular weight excluding hydrogens is 464 g/mol.